The van der Waals surface area contributed by atoms with Gasteiger partial charge in [-0.1, -0.05) is 13.8 Å². The quantitative estimate of drug-likeness (QED) is 0.843. The molecule has 2 heterocycles. The molecule has 1 saturated heterocycles. The van der Waals surface area contributed by atoms with E-state index in [1.165, 1.54) is 16.2 Å². The lowest BCUT2D eigenvalue weighted by atomic mass is 10.2. The summed E-state index contributed by atoms with van der Waals surface area (Å²) in [6.45, 7) is 5.10. The Kier molecular flexibility index (Phi) is 4.02. The second-order valence-corrected chi connectivity index (χ2v) is 6.37. The van der Waals surface area contributed by atoms with Crippen LogP contribution in [0.4, 0.5) is 0 Å². The zero-order chi connectivity index (χ0) is 13.3. The average Bonchev–Trinajstić information content (AvgIpc) is 2.97. The van der Waals surface area contributed by atoms with Gasteiger partial charge in [0.15, 0.2) is 5.01 Å². The Morgan fingerprint density at radius 2 is 2.28 bits per heavy atom. The van der Waals surface area contributed by atoms with Crippen LogP contribution in [0.5, 0.6) is 0 Å². The average molecular weight is 267 g/mol. The number of hydrogen-bond donors (Lipinski definition) is 0. The molecule has 0 spiro atoms. The number of carbonyl (C=O) groups is 1. The number of thiazole rings is 1. The molecule has 0 saturated carbocycles. The number of rotatable bonds is 3. The lowest BCUT2D eigenvalue weighted by Gasteiger charge is -2.29. The third-order valence-corrected chi connectivity index (χ3v) is 4.64. The van der Waals surface area contributed by atoms with E-state index >= 15 is 0 Å². The predicted octanol–water partition coefficient (Wildman–Crippen LogP) is 2.39. The van der Waals surface area contributed by atoms with Crippen molar-refractivity contribution in [3.8, 4) is 0 Å². The Hall–Kier alpha value is -0.940. The number of aromatic nitrogens is 1. The molecule has 4 nitrogen and oxygen atoms in total. The van der Waals surface area contributed by atoms with E-state index in [0.29, 0.717) is 10.9 Å². The standard InChI is InChI=1S/C13H21N3OS/c1-9(2)10-8-14-12(18-10)13(17)16-7-5-6-11(16)15(3)4/h8-9,11H,5-7H2,1-4H3. The molecule has 1 aromatic heterocycles. The number of amides is 1. The van der Waals surface area contributed by atoms with Gasteiger partial charge in [-0.2, -0.15) is 0 Å². The largest absolute Gasteiger partial charge is 0.321 e. The summed E-state index contributed by atoms with van der Waals surface area (Å²) in [6, 6.07) is 0. The minimum Gasteiger partial charge on any atom is -0.321 e. The molecule has 18 heavy (non-hydrogen) atoms. The fourth-order valence-electron chi connectivity index (χ4n) is 2.30. The van der Waals surface area contributed by atoms with Crippen LogP contribution in [0.25, 0.3) is 0 Å². The van der Waals surface area contributed by atoms with Gasteiger partial charge in [-0.3, -0.25) is 9.69 Å². The Morgan fingerprint density at radius 3 is 2.83 bits per heavy atom. The van der Waals surface area contributed by atoms with E-state index in [9.17, 15) is 4.79 Å². The Balaban J connectivity index is 2.15. The summed E-state index contributed by atoms with van der Waals surface area (Å²) in [4.78, 5) is 22.0. The molecule has 1 fully saturated rings. The fourth-order valence-corrected chi connectivity index (χ4v) is 3.17. The molecule has 0 aromatic carbocycles. The lowest BCUT2D eigenvalue weighted by molar-refractivity contribution is 0.0584. The molecule has 1 atom stereocenters. The minimum absolute atomic E-state index is 0.0862. The highest BCUT2D eigenvalue weighted by Crippen LogP contribution is 2.26. The van der Waals surface area contributed by atoms with Gasteiger partial charge in [0.25, 0.3) is 5.91 Å². The van der Waals surface area contributed by atoms with Crippen molar-refractivity contribution in [3.05, 3.63) is 16.1 Å². The molecule has 100 valence electrons. The van der Waals surface area contributed by atoms with Crippen molar-refractivity contribution >= 4 is 17.2 Å². The normalized spacial score (nSPS) is 20.1. The molecule has 1 aliphatic heterocycles. The highest BCUT2D eigenvalue weighted by molar-refractivity contribution is 7.13. The van der Waals surface area contributed by atoms with Crippen LogP contribution in [0, 0.1) is 0 Å². The molecule has 5 heteroatoms. The van der Waals surface area contributed by atoms with Gasteiger partial charge in [-0.15, -0.1) is 11.3 Å². The Labute approximate surface area is 113 Å². The van der Waals surface area contributed by atoms with E-state index in [0.717, 1.165) is 19.4 Å². The first-order chi connectivity index (χ1) is 8.50. The van der Waals surface area contributed by atoms with Gasteiger partial charge in [-0.25, -0.2) is 4.98 Å². The molecule has 0 N–H and O–H groups in total. The maximum absolute atomic E-state index is 12.4. The van der Waals surface area contributed by atoms with Crippen molar-refractivity contribution < 1.29 is 4.79 Å². The summed E-state index contributed by atoms with van der Waals surface area (Å²) < 4.78 is 0. The molecule has 1 aromatic rings. The van der Waals surface area contributed by atoms with Crippen molar-refractivity contribution in [2.24, 2.45) is 0 Å². The smallest absolute Gasteiger partial charge is 0.284 e. The number of carbonyl (C=O) groups excluding carboxylic acids is 1. The first kappa shape index (κ1) is 13.5. The maximum Gasteiger partial charge on any atom is 0.284 e. The van der Waals surface area contributed by atoms with E-state index in [1.54, 1.807) is 0 Å². The molecule has 1 aliphatic rings. The van der Waals surface area contributed by atoms with Crippen molar-refractivity contribution in [1.29, 1.82) is 0 Å². The van der Waals surface area contributed by atoms with Crippen LogP contribution in [-0.4, -0.2) is 47.5 Å². The first-order valence-electron chi connectivity index (χ1n) is 6.44. The zero-order valence-electron chi connectivity index (χ0n) is 11.5. The molecule has 1 unspecified atom stereocenters. The summed E-state index contributed by atoms with van der Waals surface area (Å²) >= 11 is 1.53. The molecule has 0 radical (unpaired) electrons. The Morgan fingerprint density at radius 1 is 1.56 bits per heavy atom. The molecule has 1 amide bonds. The van der Waals surface area contributed by atoms with Gasteiger partial charge in [0.2, 0.25) is 0 Å². The zero-order valence-corrected chi connectivity index (χ0v) is 12.3. The topological polar surface area (TPSA) is 36.4 Å². The lowest BCUT2D eigenvalue weighted by Crippen LogP contribution is -2.43. The van der Waals surface area contributed by atoms with E-state index in [4.69, 9.17) is 0 Å². The van der Waals surface area contributed by atoms with Gasteiger partial charge in [0.05, 0.1) is 6.17 Å². The van der Waals surface area contributed by atoms with Crippen molar-refractivity contribution in [3.63, 3.8) is 0 Å². The van der Waals surface area contributed by atoms with Crippen LogP contribution in [0.15, 0.2) is 6.20 Å². The predicted molar refractivity (Wildman–Crippen MR) is 73.9 cm³/mol. The third-order valence-electron chi connectivity index (χ3n) is 3.35. The highest BCUT2D eigenvalue weighted by Gasteiger charge is 2.32. The molecule has 2 rings (SSSR count). The van der Waals surface area contributed by atoms with Gasteiger partial charge in [0.1, 0.15) is 0 Å². The van der Waals surface area contributed by atoms with Gasteiger partial charge < -0.3 is 4.90 Å². The van der Waals surface area contributed by atoms with Crippen molar-refractivity contribution in [1.82, 2.24) is 14.8 Å². The molecule has 0 aliphatic carbocycles. The number of nitrogens with zero attached hydrogens (tertiary/aromatic N) is 3. The summed E-state index contributed by atoms with van der Waals surface area (Å²) in [7, 11) is 4.05. The van der Waals surface area contributed by atoms with Gasteiger partial charge in [0, 0.05) is 17.6 Å². The van der Waals surface area contributed by atoms with Crippen LogP contribution in [0.2, 0.25) is 0 Å². The first-order valence-corrected chi connectivity index (χ1v) is 7.25. The van der Waals surface area contributed by atoms with Crippen LogP contribution >= 0.6 is 11.3 Å². The second-order valence-electron chi connectivity index (χ2n) is 5.31. The fraction of sp³-hybridized carbons (Fsp3) is 0.692. The summed E-state index contributed by atoms with van der Waals surface area (Å²) in [5.74, 6) is 0.523. The van der Waals surface area contributed by atoms with Crippen molar-refractivity contribution in [2.45, 2.75) is 38.8 Å². The molecule has 0 bridgehead atoms. The SMILES string of the molecule is CC(C)c1cnc(C(=O)N2CCCC2N(C)C)s1. The Bertz CT molecular complexity index is 428. The maximum atomic E-state index is 12.4. The minimum atomic E-state index is 0.0862. The van der Waals surface area contributed by atoms with Gasteiger partial charge in [-0.05, 0) is 32.9 Å². The summed E-state index contributed by atoms with van der Waals surface area (Å²) in [6.07, 6.45) is 4.20. The summed E-state index contributed by atoms with van der Waals surface area (Å²) in [5, 5.41) is 0.632. The number of likely N-dealkylation sites (tertiary alicyclic amines) is 1. The van der Waals surface area contributed by atoms with Crippen LogP contribution < -0.4 is 0 Å². The van der Waals surface area contributed by atoms with Crippen LogP contribution in [0.1, 0.15) is 47.3 Å². The molecular weight excluding hydrogens is 246 g/mol. The number of hydrogen-bond acceptors (Lipinski definition) is 4. The third kappa shape index (κ3) is 2.57. The molecular formula is C13H21N3OS. The van der Waals surface area contributed by atoms with Gasteiger partial charge >= 0.3 is 0 Å². The van der Waals surface area contributed by atoms with E-state index in [-0.39, 0.29) is 12.1 Å². The van der Waals surface area contributed by atoms with E-state index in [1.807, 2.05) is 25.2 Å². The van der Waals surface area contributed by atoms with E-state index < -0.39 is 0 Å². The van der Waals surface area contributed by atoms with Crippen molar-refractivity contribution in [2.75, 3.05) is 20.6 Å². The highest BCUT2D eigenvalue weighted by atomic mass is 32.1. The summed E-state index contributed by atoms with van der Waals surface area (Å²) in [5.41, 5.74) is 0. The van der Waals surface area contributed by atoms with Crippen LogP contribution in [0.3, 0.4) is 0 Å². The van der Waals surface area contributed by atoms with E-state index in [2.05, 4.69) is 23.7 Å². The monoisotopic (exact) mass is 267 g/mol. The van der Waals surface area contributed by atoms with Crippen LogP contribution in [-0.2, 0) is 0 Å². The second kappa shape index (κ2) is 5.36.